The number of ether oxygens (including phenoxy) is 8. The van der Waals surface area contributed by atoms with Crippen LogP contribution in [0, 0.1) is 0 Å². The number of nitrogens with zero attached hydrogens (tertiary/aromatic N) is 2. The lowest BCUT2D eigenvalue weighted by atomic mass is 9.88. The average Bonchev–Trinajstić information content (AvgIpc) is 3.73. The Balaban J connectivity index is 1.28. The second kappa shape index (κ2) is 21.0. The molecule has 0 bridgehead atoms. The fourth-order valence-electron chi connectivity index (χ4n) is 9.18. The van der Waals surface area contributed by atoms with Crippen LogP contribution < -0.4 is 0 Å². The number of hydrogen-bond donors (Lipinski definition) is 0. The summed E-state index contributed by atoms with van der Waals surface area (Å²) >= 11 is 0. The minimum absolute atomic E-state index is 0.0270. The molecule has 8 rings (SSSR count). The van der Waals surface area contributed by atoms with Gasteiger partial charge in [-0.25, -0.2) is 0 Å². The molecule has 4 aromatic carbocycles. The van der Waals surface area contributed by atoms with Crippen molar-refractivity contribution in [3.63, 3.8) is 0 Å². The minimum atomic E-state index is -1.82. The molecule has 68 heavy (non-hydrogen) atoms. The van der Waals surface area contributed by atoms with Crippen molar-refractivity contribution in [3.8, 4) is 0 Å². The van der Waals surface area contributed by atoms with Crippen molar-refractivity contribution in [2.24, 2.45) is 0 Å². The molecule has 17 nitrogen and oxygen atoms in total. The molecule has 4 aromatic rings. The van der Waals surface area contributed by atoms with E-state index in [0.29, 0.717) is 0 Å². The van der Waals surface area contributed by atoms with Gasteiger partial charge in [-0.15, -0.1) is 6.58 Å². The Hall–Kier alpha value is -6.89. The Morgan fingerprint density at radius 1 is 0.544 bits per heavy atom. The molecule has 0 aliphatic carbocycles. The molecule has 0 saturated carbocycles. The van der Waals surface area contributed by atoms with Gasteiger partial charge in [-0.1, -0.05) is 91.0 Å². The van der Waals surface area contributed by atoms with E-state index in [9.17, 15) is 33.6 Å². The first kappa shape index (κ1) is 47.6. The molecule has 4 aliphatic rings. The van der Waals surface area contributed by atoms with Gasteiger partial charge in [0.15, 0.2) is 18.5 Å². The van der Waals surface area contributed by atoms with E-state index in [4.69, 9.17) is 37.9 Å². The van der Waals surface area contributed by atoms with Gasteiger partial charge in [0.25, 0.3) is 23.6 Å². The first-order valence-corrected chi connectivity index (χ1v) is 22.1. The molecule has 0 radical (unpaired) electrons. The van der Waals surface area contributed by atoms with Gasteiger partial charge in [-0.05, 0) is 41.8 Å². The molecule has 354 valence electrons. The van der Waals surface area contributed by atoms with Crippen LogP contribution in [-0.2, 0) is 65.5 Å². The van der Waals surface area contributed by atoms with Gasteiger partial charge in [-0.2, -0.15) is 0 Å². The number of carbonyl (C=O) groups is 7. The largest absolute Gasteiger partial charge is 0.463 e. The number of carbonyl (C=O) groups excluding carboxylic acids is 7. The third-order valence-corrected chi connectivity index (χ3v) is 12.0. The van der Waals surface area contributed by atoms with Crippen LogP contribution in [0.4, 0.5) is 0 Å². The number of fused-ring (bicyclic) bond motifs is 2. The van der Waals surface area contributed by atoms with E-state index in [1.165, 1.54) is 12.1 Å². The number of esters is 3. The lowest BCUT2D eigenvalue weighted by Gasteiger charge is -2.52. The first-order valence-electron chi connectivity index (χ1n) is 22.1. The van der Waals surface area contributed by atoms with E-state index in [0.717, 1.165) is 41.7 Å². The molecular formula is C51H50N2O15. The summed E-state index contributed by atoms with van der Waals surface area (Å²) in [6, 6.07) is 28.0. The molecular weight excluding hydrogens is 881 g/mol. The maximum atomic E-state index is 14.5. The predicted molar refractivity (Wildman–Crippen MR) is 237 cm³/mol. The molecule has 2 saturated heterocycles. The summed E-state index contributed by atoms with van der Waals surface area (Å²) in [7, 11) is 0. The van der Waals surface area contributed by atoms with Crippen molar-refractivity contribution < 1.29 is 71.5 Å². The Morgan fingerprint density at radius 3 is 1.51 bits per heavy atom. The van der Waals surface area contributed by atoms with Gasteiger partial charge in [0.2, 0.25) is 0 Å². The monoisotopic (exact) mass is 930 g/mol. The zero-order valence-electron chi connectivity index (χ0n) is 37.5. The first-order chi connectivity index (χ1) is 32.9. The zero-order valence-corrected chi connectivity index (χ0v) is 37.5. The molecule has 0 spiro atoms. The number of rotatable bonds is 17. The summed E-state index contributed by atoms with van der Waals surface area (Å²) in [5.74, 6) is -5.32. The second-order valence-corrected chi connectivity index (χ2v) is 16.6. The third-order valence-electron chi connectivity index (χ3n) is 12.0. The van der Waals surface area contributed by atoms with Crippen LogP contribution in [0.1, 0.15) is 79.8 Å². The van der Waals surface area contributed by atoms with Crippen LogP contribution in [0.2, 0.25) is 0 Å². The maximum Gasteiger partial charge on any atom is 0.303 e. The number of imide groups is 2. The summed E-state index contributed by atoms with van der Waals surface area (Å²) in [6.07, 6.45) is -9.61. The standard InChI is InChI=1S/C51H50N2O15/c1-5-16-38-41(52-47(57)34-21-12-13-22-35(34)48(52)58)45(63-26-33-19-10-7-11-20-33)43(39(66-38)27-61-25-32-17-8-6-9-18-32)68-51-42(53-49(59)36-23-14-15-24-37(36)50(53)60)46(65-31(4)56)44(64-30(3)55)40(67-51)28-62-29(2)54/h5-15,17-24,38-46,51H,1,16,25-28H2,2-4H3/t38-,39+,40+,41-,42+,43+,44+,45+,46+,51-/m0/s1. The van der Waals surface area contributed by atoms with Crippen molar-refractivity contribution in [2.45, 2.75) is 102 Å². The highest BCUT2D eigenvalue weighted by Gasteiger charge is 2.61. The van der Waals surface area contributed by atoms with Crippen LogP contribution in [0.15, 0.2) is 122 Å². The summed E-state index contributed by atoms with van der Waals surface area (Å²) < 4.78 is 50.8. The Kier molecular flexibility index (Phi) is 14.7. The minimum Gasteiger partial charge on any atom is -0.463 e. The van der Waals surface area contributed by atoms with Crippen LogP contribution >= 0.6 is 0 Å². The summed E-state index contributed by atoms with van der Waals surface area (Å²) in [5.41, 5.74) is 1.93. The van der Waals surface area contributed by atoms with E-state index in [1.54, 1.807) is 42.5 Å². The molecule has 4 heterocycles. The van der Waals surface area contributed by atoms with Crippen molar-refractivity contribution in [2.75, 3.05) is 13.2 Å². The fraction of sp³-hybridized carbons (Fsp3) is 0.353. The summed E-state index contributed by atoms with van der Waals surface area (Å²) in [6.45, 7) is 6.59. The van der Waals surface area contributed by atoms with Gasteiger partial charge in [0, 0.05) is 20.8 Å². The van der Waals surface area contributed by atoms with Crippen molar-refractivity contribution in [1.82, 2.24) is 9.80 Å². The van der Waals surface area contributed by atoms with E-state index in [1.807, 2.05) is 60.7 Å². The maximum absolute atomic E-state index is 14.5. The van der Waals surface area contributed by atoms with E-state index < -0.39 is 109 Å². The van der Waals surface area contributed by atoms with Crippen LogP contribution in [-0.4, -0.2) is 126 Å². The van der Waals surface area contributed by atoms with Crippen molar-refractivity contribution in [1.29, 1.82) is 0 Å². The third kappa shape index (κ3) is 9.88. The van der Waals surface area contributed by atoms with Crippen LogP contribution in [0.25, 0.3) is 0 Å². The molecule has 17 heteroatoms. The second-order valence-electron chi connectivity index (χ2n) is 16.6. The van der Waals surface area contributed by atoms with Crippen molar-refractivity contribution in [3.05, 3.63) is 155 Å². The lowest BCUT2D eigenvalue weighted by Crippen LogP contribution is -2.71. The lowest BCUT2D eigenvalue weighted by molar-refractivity contribution is -0.329. The van der Waals surface area contributed by atoms with Gasteiger partial charge in [0.05, 0.1) is 54.2 Å². The van der Waals surface area contributed by atoms with Crippen LogP contribution in [0.3, 0.4) is 0 Å². The Bertz CT molecular complexity index is 2480. The Labute approximate surface area is 391 Å². The van der Waals surface area contributed by atoms with Gasteiger partial charge in [0.1, 0.15) is 37.1 Å². The zero-order chi connectivity index (χ0) is 48.1. The van der Waals surface area contributed by atoms with E-state index in [2.05, 4.69) is 6.58 Å². The highest BCUT2D eigenvalue weighted by Crippen LogP contribution is 2.41. The Morgan fingerprint density at radius 2 is 1.01 bits per heavy atom. The smallest absolute Gasteiger partial charge is 0.303 e. The summed E-state index contributed by atoms with van der Waals surface area (Å²) in [5, 5.41) is 0. The predicted octanol–water partition coefficient (Wildman–Crippen LogP) is 5.00. The normalized spacial score (nSPS) is 26.5. The molecule has 0 N–H and O–H groups in total. The summed E-state index contributed by atoms with van der Waals surface area (Å²) in [4.78, 5) is 98.1. The molecule has 4 aliphatic heterocycles. The quantitative estimate of drug-likeness (QED) is 0.0593. The van der Waals surface area contributed by atoms with E-state index in [-0.39, 0.29) is 48.5 Å². The van der Waals surface area contributed by atoms with E-state index >= 15 is 0 Å². The topological polar surface area (TPSA) is 200 Å². The highest BCUT2D eigenvalue weighted by molar-refractivity contribution is 6.22. The van der Waals surface area contributed by atoms with Crippen molar-refractivity contribution >= 4 is 41.5 Å². The fourth-order valence-corrected chi connectivity index (χ4v) is 9.18. The molecule has 0 unspecified atom stereocenters. The molecule has 10 atom stereocenters. The average molecular weight is 931 g/mol. The molecule has 4 amide bonds. The number of hydrogen-bond acceptors (Lipinski definition) is 15. The molecule has 0 aromatic heterocycles. The SMILES string of the molecule is C=CC[C@@H]1O[C@H](COCc2ccccc2)[C@@H](O[C@@H]2O[C@H](COC(C)=O)[C@@H](OC(C)=O)[C@H](OC(C)=O)[C@H]2N2C(=O)c3ccccc3C2=O)[C@H](OCc2ccccc2)[C@H]1N1C(=O)c2ccccc2C1=O. The van der Waals surface area contributed by atoms with Gasteiger partial charge in [-0.3, -0.25) is 43.4 Å². The highest BCUT2D eigenvalue weighted by atomic mass is 16.7. The number of amides is 4. The van der Waals surface area contributed by atoms with Gasteiger partial charge < -0.3 is 37.9 Å². The van der Waals surface area contributed by atoms with Gasteiger partial charge >= 0.3 is 17.9 Å². The number of benzene rings is 4. The molecule has 2 fully saturated rings. The van der Waals surface area contributed by atoms with Crippen LogP contribution in [0.5, 0.6) is 0 Å².